The van der Waals surface area contributed by atoms with E-state index in [9.17, 15) is 0 Å². The van der Waals surface area contributed by atoms with Gasteiger partial charge in [0.15, 0.2) is 5.96 Å². The Hall–Kier alpha value is -0.300. The Morgan fingerprint density at radius 2 is 2.05 bits per heavy atom. The zero-order chi connectivity index (χ0) is 13.7. The lowest BCUT2D eigenvalue weighted by molar-refractivity contribution is 0.334. The van der Waals surface area contributed by atoms with Crippen molar-refractivity contribution in [2.75, 3.05) is 13.6 Å². The molecule has 0 unspecified atom stereocenters. The molecule has 0 aliphatic heterocycles. The SMILES string of the molecule is CN=C(NCc1sccc1C)NCC1(C)CCCC1.I. The second kappa shape index (κ2) is 8.22. The molecule has 0 aromatic carbocycles. The van der Waals surface area contributed by atoms with Gasteiger partial charge in [-0.15, -0.1) is 35.3 Å². The van der Waals surface area contributed by atoms with E-state index in [1.165, 1.54) is 36.1 Å². The molecule has 0 amide bonds. The van der Waals surface area contributed by atoms with Crippen molar-refractivity contribution in [3.63, 3.8) is 0 Å². The van der Waals surface area contributed by atoms with Crippen LogP contribution in [0.1, 0.15) is 43.0 Å². The summed E-state index contributed by atoms with van der Waals surface area (Å²) in [4.78, 5) is 5.69. The van der Waals surface area contributed by atoms with Gasteiger partial charge in [0.2, 0.25) is 0 Å². The van der Waals surface area contributed by atoms with E-state index in [2.05, 4.69) is 40.9 Å². The van der Waals surface area contributed by atoms with Gasteiger partial charge in [0.1, 0.15) is 0 Å². The summed E-state index contributed by atoms with van der Waals surface area (Å²) in [6.07, 6.45) is 5.42. The van der Waals surface area contributed by atoms with Crippen molar-refractivity contribution in [2.24, 2.45) is 10.4 Å². The Balaban J connectivity index is 0.00000200. The second-order valence-corrected chi connectivity index (χ2v) is 6.82. The van der Waals surface area contributed by atoms with Crippen LogP contribution in [0.25, 0.3) is 0 Å². The maximum atomic E-state index is 4.31. The van der Waals surface area contributed by atoms with Gasteiger partial charge in [0, 0.05) is 18.5 Å². The molecule has 114 valence electrons. The number of hydrogen-bond donors (Lipinski definition) is 2. The van der Waals surface area contributed by atoms with Crippen molar-refractivity contribution in [3.05, 3.63) is 21.9 Å². The Labute approximate surface area is 143 Å². The van der Waals surface area contributed by atoms with Crippen LogP contribution >= 0.6 is 35.3 Å². The average Bonchev–Trinajstić information content (AvgIpc) is 3.00. The van der Waals surface area contributed by atoms with Crippen LogP contribution in [0.5, 0.6) is 0 Å². The molecule has 20 heavy (non-hydrogen) atoms. The van der Waals surface area contributed by atoms with E-state index < -0.39 is 0 Å². The number of aryl methyl sites for hydroxylation is 1. The summed E-state index contributed by atoms with van der Waals surface area (Å²) in [6.45, 7) is 6.42. The minimum absolute atomic E-state index is 0. The van der Waals surface area contributed by atoms with Crippen molar-refractivity contribution in [1.29, 1.82) is 0 Å². The number of nitrogens with one attached hydrogen (secondary N) is 2. The standard InChI is InChI=1S/C15H25N3S.HI/c1-12-6-9-19-13(12)10-17-14(16-3)18-11-15(2)7-4-5-8-15;/h6,9H,4-5,7-8,10-11H2,1-3H3,(H2,16,17,18);1H. The lowest BCUT2D eigenvalue weighted by atomic mass is 9.89. The summed E-state index contributed by atoms with van der Waals surface area (Å²) in [6, 6.07) is 2.16. The highest BCUT2D eigenvalue weighted by atomic mass is 127. The number of guanidine groups is 1. The maximum absolute atomic E-state index is 4.31. The fourth-order valence-corrected chi connectivity index (χ4v) is 3.52. The smallest absolute Gasteiger partial charge is 0.191 e. The molecular weight excluding hydrogens is 381 g/mol. The molecule has 1 aliphatic rings. The first kappa shape index (κ1) is 17.8. The zero-order valence-electron chi connectivity index (χ0n) is 12.7. The molecule has 2 N–H and O–H groups in total. The van der Waals surface area contributed by atoms with E-state index in [0.29, 0.717) is 5.41 Å². The Kier molecular flexibility index (Phi) is 7.29. The van der Waals surface area contributed by atoms with Crippen LogP contribution in [0.4, 0.5) is 0 Å². The molecule has 5 heteroatoms. The van der Waals surface area contributed by atoms with Crippen LogP contribution in [0.15, 0.2) is 16.4 Å². The van der Waals surface area contributed by atoms with Gasteiger partial charge in [0.05, 0.1) is 6.54 Å². The normalized spacial score (nSPS) is 17.6. The highest BCUT2D eigenvalue weighted by molar-refractivity contribution is 14.0. The van der Waals surface area contributed by atoms with E-state index >= 15 is 0 Å². The number of hydrogen-bond acceptors (Lipinski definition) is 2. The molecule has 2 rings (SSSR count). The molecule has 3 nitrogen and oxygen atoms in total. The number of halogens is 1. The summed E-state index contributed by atoms with van der Waals surface area (Å²) < 4.78 is 0. The molecule has 0 bridgehead atoms. The molecule has 0 saturated heterocycles. The molecule has 1 aromatic rings. The highest BCUT2D eigenvalue weighted by Crippen LogP contribution is 2.36. The third-order valence-corrected chi connectivity index (χ3v) is 5.12. The molecule has 1 aliphatic carbocycles. The summed E-state index contributed by atoms with van der Waals surface area (Å²) in [5.74, 6) is 0.918. The number of rotatable bonds is 4. The van der Waals surface area contributed by atoms with Crippen LogP contribution in [0.3, 0.4) is 0 Å². The van der Waals surface area contributed by atoms with Gasteiger partial charge in [-0.2, -0.15) is 0 Å². The predicted octanol–water partition coefficient (Wildman–Crippen LogP) is 3.92. The van der Waals surface area contributed by atoms with Crippen molar-refractivity contribution in [1.82, 2.24) is 10.6 Å². The number of aliphatic imine (C=N–C) groups is 1. The van der Waals surface area contributed by atoms with Crippen LogP contribution in [-0.4, -0.2) is 19.6 Å². The maximum Gasteiger partial charge on any atom is 0.191 e. The van der Waals surface area contributed by atoms with Gasteiger partial charge in [-0.3, -0.25) is 4.99 Å². The summed E-state index contributed by atoms with van der Waals surface area (Å²) in [5, 5.41) is 9.02. The average molecular weight is 407 g/mol. The van der Waals surface area contributed by atoms with E-state index in [1.807, 2.05) is 7.05 Å². The van der Waals surface area contributed by atoms with E-state index in [4.69, 9.17) is 0 Å². The van der Waals surface area contributed by atoms with Crippen LogP contribution < -0.4 is 10.6 Å². The van der Waals surface area contributed by atoms with E-state index in [0.717, 1.165) is 19.0 Å². The van der Waals surface area contributed by atoms with Gasteiger partial charge in [-0.25, -0.2) is 0 Å². The van der Waals surface area contributed by atoms with Gasteiger partial charge >= 0.3 is 0 Å². The van der Waals surface area contributed by atoms with Gasteiger partial charge < -0.3 is 10.6 Å². The summed E-state index contributed by atoms with van der Waals surface area (Å²) in [5.41, 5.74) is 1.81. The van der Waals surface area contributed by atoms with E-state index in [1.54, 1.807) is 11.3 Å². The topological polar surface area (TPSA) is 36.4 Å². The zero-order valence-corrected chi connectivity index (χ0v) is 15.8. The van der Waals surface area contributed by atoms with Crippen LogP contribution in [-0.2, 0) is 6.54 Å². The van der Waals surface area contributed by atoms with Crippen LogP contribution in [0.2, 0.25) is 0 Å². The largest absolute Gasteiger partial charge is 0.356 e. The summed E-state index contributed by atoms with van der Waals surface area (Å²) >= 11 is 1.80. The molecule has 0 spiro atoms. The fourth-order valence-electron chi connectivity index (χ4n) is 2.67. The quantitative estimate of drug-likeness (QED) is 0.451. The molecule has 0 radical (unpaired) electrons. The van der Waals surface area contributed by atoms with Gasteiger partial charge in [0.25, 0.3) is 0 Å². The highest BCUT2D eigenvalue weighted by Gasteiger charge is 2.28. The minimum Gasteiger partial charge on any atom is -0.356 e. The Bertz CT molecular complexity index is 436. The molecule has 1 aromatic heterocycles. The van der Waals surface area contributed by atoms with Crippen molar-refractivity contribution < 1.29 is 0 Å². The third-order valence-electron chi connectivity index (χ3n) is 4.10. The summed E-state index contributed by atoms with van der Waals surface area (Å²) in [7, 11) is 1.84. The Morgan fingerprint density at radius 3 is 2.60 bits per heavy atom. The van der Waals surface area contributed by atoms with Gasteiger partial charge in [-0.05, 0) is 42.2 Å². The second-order valence-electron chi connectivity index (χ2n) is 5.82. The lowest BCUT2D eigenvalue weighted by Crippen LogP contribution is -2.41. The first-order chi connectivity index (χ1) is 9.13. The number of thiophene rings is 1. The van der Waals surface area contributed by atoms with Crippen molar-refractivity contribution >= 4 is 41.3 Å². The first-order valence-electron chi connectivity index (χ1n) is 7.10. The lowest BCUT2D eigenvalue weighted by Gasteiger charge is -2.25. The molecule has 1 saturated carbocycles. The molecule has 1 heterocycles. The first-order valence-corrected chi connectivity index (χ1v) is 7.98. The third kappa shape index (κ3) is 4.91. The van der Waals surface area contributed by atoms with E-state index in [-0.39, 0.29) is 24.0 Å². The molecular formula is C15H26IN3S. The monoisotopic (exact) mass is 407 g/mol. The fraction of sp³-hybridized carbons (Fsp3) is 0.667. The van der Waals surface area contributed by atoms with Crippen LogP contribution in [0, 0.1) is 12.3 Å². The number of nitrogens with zero attached hydrogens (tertiary/aromatic N) is 1. The molecule has 1 fully saturated rings. The van der Waals surface area contributed by atoms with Crippen molar-refractivity contribution in [2.45, 2.75) is 46.1 Å². The minimum atomic E-state index is 0. The van der Waals surface area contributed by atoms with Gasteiger partial charge in [-0.1, -0.05) is 19.8 Å². The van der Waals surface area contributed by atoms with Crippen molar-refractivity contribution in [3.8, 4) is 0 Å². The Morgan fingerprint density at radius 1 is 1.35 bits per heavy atom. The molecule has 0 atom stereocenters. The predicted molar refractivity (Wildman–Crippen MR) is 99.2 cm³/mol.